The van der Waals surface area contributed by atoms with Gasteiger partial charge in [-0.15, -0.1) is 0 Å². The summed E-state index contributed by atoms with van der Waals surface area (Å²) >= 11 is 0. The first-order valence-electron chi connectivity index (χ1n) is 10.8. The highest BCUT2D eigenvalue weighted by molar-refractivity contribution is 5.79. The minimum atomic E-state index is -0.145. The maximum absolute atomic E-state index is 11.0. The first-order chi connectivity index (χ1) is 13.5. The molecule has 0 amide bonds. The van der Waals surface area contributed by atoms with Gasteiger partial charge >= 0.3 is 0 Å². The van der Waals surface area contributed by atoms with Gasteiger partial charge in [0.2, 0.25) is 0 Å². The summed E-state index contributed by atoms with van der Waals surface area (Å²) in [5, 5.41) is 11.0. The number of allylic oxidation sites excluding steroid dienone is 2. The monoisotopic (exact) mass is 385 g/mol. The molecule has 0 bridgehead atoms. The zero-order valence-corrected chi connectivity index (χ0v) is 17.9. The molecule has 1 aromatic carbocycles. The molecule has 4 rings (SSSR count). The third kappa shape index (κ3) is 3.15. The van der Waals surface area contributed by atoms with Gasteiger partial charge in [0, 0.05) is 17.0 Å². The molecule has 0 aliphatic heterocycles. The molecule has 0 spiro atoms. The zero-order valence-electron chi connectivity index (χ0n) is 17.9. The number of aliphatic hydroxyl groups is 1. The highest BCUT2D eigenvalue weighted by Gasteiger charge is 2.53. The molecule has 1 saturated carbocycles. The number of nitrogens with zero attached hydrogens (tertiary/aromatic N) is 1. The van der Waals surface area contributed by atoms with Crippen molar-refractivity contribution in [2.75, 3.05) is 34.9 Å². The fraction of sp³-hybridized carbons (Fsp3) is 0.667. The van der Waals surface area contributed by atoms with Crippen molar-refractivity contribution < 1.29 is 14.6 Å². The third-order valence-electron chi connectivity index (χ3n) is 7.56. The molecule has 4 heteroatoms. The normalized spacial score (nSPS) is 28.8. The van der Waals surface area contributed by atoms with Crippen molar-refractivity contribution in [1.82, 2.24) is 4.90 Å². The van der Waals surface area contributed by atoms with Gasteiger partial charge in [-0.25, -0.2) is 0 Å². The standard InChI is InChI=1S/C24H35NO3/c1-25(2)13-5-11-24-12-10-19-18(20(24)8-9-22(24)26)7-6-16-14-17(27-3)15-21(28-4)23(16)19/h14-15,20,22,26H,5-13H2,1-4H3/t20-,22-,24-/m0/s1. The Hall–Kier alpha value is -1.52. The van der Waals surface area contributed by atoms with Crippen molar-refractivity contribution in [3.63, 3.8) is 0 Å². The predicted molar refractivity (Wildman–Crippen MR) is 113 cm³/mol. The topological polar surface area (TPSA) is 41.9 Å². The molecule has 1 aromatic rings. The summed E-state index contributed by atoms with van der Waals surface area (Å²) in [6.07, 6.45) is 8.56. The van der Waals surface area contributed by atoms with Gasteiger partial charge in [0.1, 0.15) is 11.5 Å². The van der Waals surface area contributed by atoms with Crippen LogP contribution in [0.25, 0.3) is 5.57 Å². The Balaban J connectivity index is 1.71. The molecule has 154 valence electrons. The molecule has 1 fully saturated rings. The number of aryl methyl sites for hydroxylation is 1. The molecule has 0 unspecified atom stereocenters. The molecule has 0 radical (unpaired) electrons. The first-order valence-corrected chi connectivity index (χ1v) is 10.8. The van der Waals surface area contributed by atoms with Crippen molar-refractivity contribution >= 4 is 5.57 Å². The van der Waals surface area contributed by atoms with Crippen LogP contribution < -0.4 is 9.47 Å². The summed E-state index contributed by atoms with van der Waals surface area (Å²) in [7, 11) is 7.76. The average Bonchev–Trinajstić information content (AvgIpc) is 3.03. The summed E-state index contributed by atoms with van der Waals surface area (Å²) in [5.41, 5.74) is 5.87. The van der Waals surface area contributed by atoms with Crippen molar-refractivity contribution in [3.8, 4) is 11.5 Å². The second kappa shape index (κ2) is 7.72. The molecule has 4 nitrogen and oxygen atoms in total. The molecule has 0 aromatic heterocycles. The van der Waals surface area contributed by atoms with Crippen LogP contribution in [0, 0.1) is 11.3 Å². The van der Waals surface area contributed by atoms with Crippen LogP contribution in [0.4, 0.5) is 0 Å². The van der Waals surface area contributed by atoms with Gasteiger partial charge in [-0.1, -0.05) is 5.57 Å². The van der Waals surface area contributed by atoms with E-state index in [0.29, 0.717) is 5.92 Å². The van der Waals surface area contributed by atoms with E-state index in [0.717, 1.165) is 63.0 Å². The van der Waals surface area contributed by atoms with Gasteiger partial charge in [0.25, 0.3) is 0 Å². The lowest BCUT2D eigenvalue weighted by Gasteiger charge is -2.46. The zero-order chi connectivity index (χ0) is 19.9. The van der Waals surface area contributed by atoms with Gasteiger partial charge in [0.15, 0.2) is 0 Å². The number of hydrogen-bond donors (Lipinski definition) is 1. The Bertz CT molecular complexity index is 769. The predicted octanol–water partition coefficient (Wildman–Crippen LogP) is 4.30. The lowest BCUT2D eigenvalue weighted by molar-refractivity contribution is 0.0126. The van der Waals surface area contributed by atoms with Crippen LogP contribution in [0.1, 0.15) is 56.1 Å². The number of fused-ring (bicyclic) bond motifs is 4. The summed E-state index contributed by atoms with van der Waals surface area (Å²) in [6.45, 7) is 1.10. The second-order valence-corrected chi connectivity index (χ2v) is 9.15. The van der Waals surface area contributed by atoms with E-state index in [-0.39, 0.29) is 11.5 Å². The fourth-order valence-electron chi connectivity index (χ4n) is 6.26. The molecule has 3 aliphatic rings. The first kappa shape index (κ1) is 19.8. The molecular weight excluding hydrogens is 350 g/mol. The molecular formula is C24H35NO3. The van der Waals surface area contributed by atoms with Crippen LogP contribution in [0.5, 0.6) is 11.5 Å². The van der Waals surface area contributed by atoms with Crippen LogP contribution in [0.2, 0.25) is 0 Å². The largest absolute Gasteiger partial charge is 0.497 e. The number of benzene rings is 1. The van der Waals surface area contributed by atoms with E-state index in [9.17, 15) is 5.11 Å². The summed E-state index contributed by atoms with van der Waals surface area (Å²) in [6, 6.07) is 4.21. The van der Waals surface area contributed by atoms with E-state index in [4.69, 9.17) is 9.47 Å². The van der Waals surface area contributed by atoms with Gasteiger partial charge in [-0.2, -0.15) is 0 Å². The lowest BCUT2D eigenvalue weighted by Crippen LogP contribution is -2.40. The summed E-state index contributed by atoms with van der Waals surface area (Å²) in [4.78, 5) is 2.26. The third-order valence-corrected chi connectivity index (χ3v) is 7.56. The quantitative estimate of drug-likeness (QED) is 0.793. The Labute approximate surface area is 169 Å². The molecule has 3 aliphatic carbocycles. The van der Waals surface area contributed by atoms with Crippen LogP contribution in [-0.4, -0.2) is 51.0 Å². The summed E-state index contributed by atoms with van der Waals surface area (Å²) in [5.74, 6) is 2.36. The Kier molecular flexibility index (Phi) is 5.45. The van der Waals surface area contributed by atoms with Crippen LogP contribution >= 0.6 is 0 Å². The fourth-order valence-corrected chi connectivity index (χ4v) is 6.26. The maximum Gasteiger partial charge on any atom is 0.130 e. The van der Waals surface area contributed by atoms with E-state index in [1.807, 2.05) is 6.07 Å². The lowest BCUT2D eigenvalue weighted by atomic mass is 9.59. The van der Waals surface area contributed by atoms with Crippen molar-refractivity contribution in [2.45, 2.75) is 57.5 Å². The number of rotatable bonds is 6. The Morgan fingerprint density at radius 2 is 1.93 bits per heavy atom. The van der Waals surface area contributed by atoms with Crippen molar-refractivity contribution in [2.24, 2.45) is 11.3 Å². The SMILES string of the molecule is COc1cc2c(c(OC)c1)C1=C(CC2)[C@@H]2CC[C@H](O)[C@@]2(CCCN(C)C)CC1. The minimum absolute atomic E-state index is 0.0893. The van der Waals surface area contributed by atoms with Gasteiger partial charge in [-0.05, 0) is 95.1 Å². The Morgan fingerprint density at radius 1 is 1.11 bits per heavy atom. The smallest absolute Gasteiger partial charge is 0.130 e. The number of aliphatic hydroxyl groups excluding tert-OH is 1. The van der Waals surface area contributed by atoms with Gasteiger partial charge < -0.3 is 19.5 Å². The molecule has 28 heavy (non-hydrogen) atoms. The second-order valence-electron chi connectivity index (χ2n) is 9.15. The highest BCUT2D eigenvalue weighted by atomic mass is 16.5. The van der Waals surface area contributed by atoms with Crippen LogP contribution in [0.15, 0.2) is 17.7 Å². The van der Waals surface area contributed by atoms with Crippen LogP contribution in [-0.2, 0) is 6.42 Å². The minimum Gasteiger partial charge on any atom is -0.497 e. The van der Waals surface area contributed by atoms with Gasteiger partial charge in [-0.3, -0.25) is 0 Å². The van der Waals surface area contributed by atoms with E-state index in [1.54, 1.807) is 19.8 Å². The van der Waals surface area contributed by atoms with E-state index in [2.05, 4.69) is 25.1 Å². The number of methoxy groups -OCH3 is 2. The maximum atomic E-state index is 11.0. The average molecular weight is 386 g/mol. The van der Waals surface area contributed by atoms with E-state index in [1.165, 1.54) is 23.1 Å². The van der Waals surface area contributed by atoms with Crippen LogP contribution in [0.3, 0.4) is 0 Å². The van der Waals surface area contributed by atoms with Gasteiger partial charge in [0.05, 0.1) is 20.3 Å². The summed E-state index contributed by atoms with van der Waals surface area (Å²) < 4.78 is 11.3. The number of hydrogen-bond acceptors (Lipinski definition) is 4. The molecule has 1 N–H and O–H groups in total. The molecule has 0 saturated heterocycles. The van der Waals surface area contributed by atoms with E-state index < -0.39 is 0 Å². The Morgan fingerprint density at radius 3 is 2.64 bits per heavy atom. The molecule has 0 heterocycles. The van der Waals surface area contributed by atoms with Crippen molar-refractivity contribution in [3.05, 3.63) is 28.8 Å². The van der Waals surface area contributed by atoms with Crippen molar-refractivity contribution in [1.29, 1.82) is 0 Å². The van der Waals surface area contributed by atoms with E-state index >= 15 is 0 Å². The number of ether oxygens (including phenoxy) is 2. The molecule has 3 atom stereocenters. The highest BCUT2D eigenvalue weighted by Crippen LogP contribution is 2.61.